The van der Waals surface area contributed by atoms with Gasteiger partial charge in [0.25, 0.3) is 0 Å². The highest BCUT2D eigenvalue weighted by atomic mass is 16.1. The van der Waals surface area contributed by atoms with Crippen LogP contribution in [0.2, 0.25) is 0 Å². The average molecular weight is 174 g/mol. The van der Waals surface area contributed by atoms with Crippen molar-refractivity contribution in [1.82, 2.24) is 0 Å². The fourth-order valence-corrected chi connectivity index (χ4v) is 2.03. The molecule has 0 heterocycles. The number of Topliss-reactive ketones (excluding diaryl/α,β-unsaturated/α-hetero) is 1. The smallest absolute Gasteiger partial charge is 0.159 e. The summed E-state index contributed by atoms with van der Waals surface area (Å²) in [5.74, 6) is 0.802. The minimum Gasteiger partial charge on any atom is -0.295 e. The molecule has 0 radical (unpaired) electrons. The molecule has 0 N–H and O–H groups in total. The number of rotatable bonds is 1. The van der Waals surface area contributed by atoms with E-state index >= 15 is 0 Å². The maximum atomic E-state index is 11.2. The Hall–Kier alpha value is -1.11. The lowest BCUT2D eigenvalue weighted by Crippen LogP contribution is -1.95. The zero-order valence-corrected chi connectivity index (χ0v) is 8.13. The SMILES string of the molecule is CC(=O)c1ccc2c(c1)C(C)CC2. The molecule has 2 rings (SSSR count). The molecule has 1 nitrogen and oxygen atoms in total. The summed E-state index contributed by atoms with van der Waals surface area (Å²) in [5.41, 5.74) is 3.66. The van der Waals surface area contributed by atoms with Crippen molar-refractivity contribution >= 4 is 5.78 Å². The van der Waals surface area contributed by atoms with Gasteiger partial charge in [0.1, 0.15) is 0 Å². The lowest BCUT2D eigenvalue weighted by Gasteiger charge is -2.05. The first-order chi connectivity index (χ1) is 6.18. The Morgan fingerprint density at radius 2 is 2.23 bits per heavy atom. The number of hydrogen-bond donors (Lipinski definition) is 0. The fraction of sp³-hybridized carbons (Fsp3) is 0.417. The van der Waals surface area contributed by atoms with Gasteiger partial charge in [0, 0.05) is 5.56 Å². The molecule has 1 aromatic carbocycles. The third kappa shape index (κ3) is 1.39. The van der Waals surface area contributed by atoms with Gasteiger partial charge in [-0.05, 0) is 42.9 Å². The van der Waals surface area contributed by atoms with E-state index in [1.165, 1.54) is 24.0 Å². The molecule has 0 aliphatic heterocycles. The number of carbonyl (C=O) groups excluding carboxylic acids is 1. The molecule has 1 heteroatoms. The van der Waals surface area contributed by atoms with E-state index in [9.17, 15) is 4.79 Å². The largest absolute Gasteiger partial charge is 0.295 e. The molecule has 0 aromatic heterocycles. The summed E-state index contributed by atoms with van der Waals surface area (Å²) in [6.45, 7) is 3.86. The molecule has 1 aromatic rings. The Morgan fingerprint density at radius 3 is 2.92 bits per heavy atom. The predicted octanol–water partition coefficient (Wildman–Crippen LogP) is 2.94. The zero-order chi connectivity index (χ0) is 9.42. The van der Waals surface area contributed by atoms with Crippen LogP contribution in [0.3, 0.4) is 0 Å². The normalized spacial score (nSPS) is 20.0. The van der Waals surface area contributed by atoms with Crippen LogP contribution in [0.15, 0.2) is 18.2 Å². The molecule has 1 aliphatic carbocycles. The lowest BCUT2D eigenvalue weighted by atomic mass is 9.99. The van der Waals surface area contributed by atoms with Gasteiger partial charge in [-0.3, -0.25) is 4.79 Å². The van der Waals surface area contributed by atoms with Crippen LogP contribution in [-0.4, -0.2) is 5.78 Å². The Kier molecular flexibility index (Phi) is 1.95. The van der Waals surface area contributed by atoms with Crippen molar-refractivity contribution in [2.45, 2.75) is 32.6 Å². The van der Waals surface area contributed by atoms with Crippen LogP contribution in [0.4, 0.5) is 0 Å². The Balaban J connectivity index is 2.47. The third-order valence-electron chi connectivity index (χ3n) is 2.93. The number of benzene rings is 1. The molecule has 0 saturated carbocycles. The first-order valence-corrected chi connectivity index (χ1v) is 4.82. The minimum atomic E-state index is 0.168. The Labute approximate surface area is 78.8 Å². The average Bonchev–Trinajstić information content (AvgIpc) is 2.47. The second-order valence-electron chi connectivity index (χ2n) is 3.91. The molecule has 68 valence electrons. The van der Waals surface area contributed by atoms with Crippen LogP contribution in [0.25, 0.3) is 0 Å². The molecule has 1 aliphatic rings. The first kappa shape index (κ1) is 8.49. The van der Waals surface area contributed by atoms with E-state index in [-0.39, 0.29) is 5.78 Å². The van der Waals surface area contributed by atoms with Crippen LogP contribution in [0.1, 0.15) is 47.7 Å². The van der Waals surface area contributed by atoms with Gasteiger partial charge in [0.2, 0.25) is 0 Å². The predicted molar refractivity (Wildman–Crippen MR) is 53.2 cm³/mol. The topological polar surface area (TPSA) is 17.1 Å². The highest BCUT2D eigenvalue weighted by Crippen LogP contribution is 2.32. The number of fused-ring (bicyclic) bond motifs is 1. The quantitative estimate of drug-likeness (QED) is 0.598. The molecule has 0 saturated heterocycles. The van der Waals surface area contributed by atoms with E-state index in [1.54, 1.807) is 6.92 Å². The van der Waals surface area contributed by atoms with Crippen molar-refractivity contribution in [2.24, 2.45) is 0 Å². The first-order valence-electron chi connectivity index (χ1n) is 4.82. The Morgan fingerprint density at radius 1 is 1.46 bits per heavy atom. The minimum absolute atomic E-state index is 0.168. The number of carbonyl (C=O) groups is 1. The van der Waals surface area contributed by atoms with Gasteiger partial charge in [0.05, 0.1) is 0 Å². The molecule has 0 spiro atoms. The standard InChI is InChI=1S/C12H14O/c1-8-3-4-10-5-6-11(9(2)13)7-12(8)10/h5-8H,3-4H2,1-2H3. The van der Waals surface area contributed by atoms with Gasteiger partial charge in [-0.2, -0.15) is 0 Å². The second kappa shape index (κ2) is 2.99. The fourth-order valence-electron chi connectivity index (χ4n) is 2.03. The van der Waals surface area contributed by atoms with Gasteiger partial charge in [-0.25, -0.2) is 0 Å². The summed E-state index contributed by atoms with van der Waals surface area (Å²) in [5, 5.41) is 0. The summed E-state index contributed by atoms with van der Waals surface area (Å²) in [6, 6.07) is 6.12. The number of ketones is 1. The van der Waals surface area contributed by atoms with Crippen LogP contribution in [-0.2, 0) is 6.42 Å². The third-order valence-corrected chi connectivity index (χ3v) is 2.93. The van der Waals surface area contributed by atoms with Crippen LogP contribution in [0.5, 0.6) is 0 Å². The molecule has 13 heavy (non-hydrogen) atoms. The molecule has 1 unspecified atom stereocenters. The van der Waals surface area contributed by atoms with Crippen molar-refractivity contribution in [1.29, 1.82) is 0 Å². The maximum absolute atomic E-state index is 11.2. The molecule has 0 amide bonds. The molecular weight excluding hydrogens is 160 g/mol. The molecule has 0 fully saturated rings. The van der Waals surface area contributed by atoms with Gasteiger partial charge in [-0.15, -0.1) is 0 Å². The van der Waals surface area contributed by atoms with Gasteiger partial charge < -0.3 is 0 Å². The summed E-state index contributed by atoms with van der Waals surface area (Å²) in [4.78, 5) is 11.2. The molecule has 1 atom stereocenters. The summed E-state index contributed by atoms with van der Waals surface area (Å²) in [7, 11) is 0. The lowest BCUT2D eigenvalue weighted by molar-refractivity contribution is 0.101. The maximum Gasteiger partial charge on any atom is 0.159 e. The highest BCUT2D eigenvalue weighted by molar-refractivity contribution is 5.94. The van der Waals surface area contributed by atoms with Crippen molar-refractivity contribution in [3.8, 4) is 0 Å². The monoisotopic (exact) mass is 174 g/mol. The summed E-state index contributed by atoms with van der Waals surface area (Å²) >= 11 is 0. The van der Waals surface area contributed by atoms with Crippen LogP contribution in [0, 0.1) is 0 Å². The van der Waals surface area contributed by atoms with E-state index in [2.05, 4.69) is 19.1 Å². The zero-order valence-electron chi connectivity index (χ0n) is 8.13. The van der Waals surface area contributed by atoms with E-state index < -0.39 is 0 Å². The van der Waals surface area contributed by atoms with Crippen molar-refractivity contribution in [3.05, 3.63) is 34.9 Å². The van der Waals surface area contributed by atoms with Gasteiger partial charge in [0.15, 0.2) is 5.78 Å². The summed E-state index contributed by atoms with van der Waals surface area (Å²) in [6.07, 6.45) is 2.41. The van der Waals surface area contributed by atoms with E-state index in [1.807, 2.05) is 6.07 Å². The second-order valence-corrected chi connectivity index (χ2v) is 3.91. The van der Waals surface area contributed by atoms with Crippen LogP contribution < -0.4 is 0 Å². The van der Waals surface area contributed by atoms with Gasteiger partial charge in [-0.1, -0.05) is 19.1 Å². The highest BCUT2D eigenvalue weighted by Gasteiger charge is 2.18. The number of aryl methyl sites for hydroxylation is 1. The van der Waals surface area contributed by atoms with E-state index in [0.717, 1.165) is 5.56 Å². The van der Waals surface area contributed by atoms with Crippen molar-refractivity contribution < 1.29 is 4.79 Å². The van der Waals surface area contributed by atoms with Gasteiger partial charge >= 0.3 is 0 Å². The van der Waals surface area contributed by atoms with Crippen molar-refractivity contribution in [3.63, 3.8) is 0 Å². The van der Waals surface area contributed by atoms with E-state index in [0.29, 0.717) is 5.92 Å². The Bertz CT molecular complexity index is 352. The molecule has 0 bridgehead atoms. The summed E-state index contributed by atoms with van der Waals surface area (Å²) < 4.78 is 0. The number of hydrogen-bond acceptors (Lipinski definition) is 1. The molecular formula is C12H14O. The van der Waals surface area contributed by atoms with Crippen LogP contribution >= 0.6 is 0 Å². The van der Waals surface area contributed by atoms with Crippen molar-refractivity contribution in [2.75, 3.05) is 0 Å². The van der Waals surface area contributed by atoms with E-state index in [4.69, 9.17) is 0 Å².